The van der Waals surface area contributed by atoms with Crippen LogP contribution in [0.4, 0.5) is 0 Å². The topological polar surface area (TPSA) is 24.9 Å². The minimum atomic E-state index is 0.177. The SMILES string of the molecule is CNC(Cc1ccc(C)cc1Cl)c1ncc(C)cc1C. The van der Waals surface area contributed by atoms with Crippen LogP contribution in [0.3, 0.4) is 0 Å². The lowest BCUT2D eigenvalue weighted by atomic mass is 9.98. The van der Waals surface area contributed by atoms with Gasteiger partial charge in [0.2, 0.25) is 0 Å². The predicted molar refractivity (Wildman–Crippen MR) is 85.4 cm³/mol. The molecule has 0 radical (unpaired) electrons. The van der Waals surface area contributed by atoms with Crippen molar-refractivity contribution in [2.45, 2.75) is 33.2 Å². The van der Waals surface area contributed by atoms with Gasteiger partial charge >= 0.3 is 0 Å². The molecule has 0 aliphatic carbocycles. The van der Waals surface area contributed by atoms with E-state index in [1.165, 1.54) is 16.7 Å². The number of aryl methyl sites for hydroxylation is 3. The van der Waals surface area contributed by atoms with Crippen molar-refractivity contribution >= 4 is 11.6 Å². The van der Waals surface area contributed by atoms with Gasteiger partial charge in [-0.1, -0.05) is 29.8 Å². The average molecular weight is 289 g/mol. The first-order valence-electron chi connectivity index (χ1n) is 6.86. The Hall–Kier alpha value is -1.38. The van der Waals surface area contributed by atoms with Gasteiger partial charge in [-0.3, -0.25) is 4.98 Å². The molecule has 0 bridgehead atoms. The van der Waals surface area contributed by atoms with E-state index in [-0.39, 0.29) is 6.04 Å². The minimum absolute atomic E-state index is 0.177. The molecule has 2 nitrogen and oxygen atoms in total. The number of benzene rings is 1. The van der Waals surface area contributed by atoms with Crippen molar-refractivity contribution < 1.29 is 0 Å². The highest BCUT2D eigenvalue weighted by Crippen LogP contribution is 2.25. The summed E-state index contributed by atoms with van der Waals surface area (Å²) in [6.07, 6.45) is 2.76. The van der Waals surface area contributed by atoms with E-state index in [1.807, 2.05) is 19.3 Å². The lowest BCUT2D eigenvalue weighted by molar-refractivity contribution is 0.572. The maximum absolute atomic E-state index is 6.33. The number of nitrogens with one attached hydrogen (secondary N) is 1. The number of halogens is 1. The van der Waals surface area contributed by atoms with Gasteiger partial charge in [0, 0.05) is 11.2 Å². The van der Waals surface area contributed by atoms with E-state index in [0.717, 1.165) is 22.7 Å². The van der Waals surface area contributed by atoms with Crippen LogP contribution in [0.5, 0.6) is 0 Å². The number of likely N-dealkylation sites (N-methyl/N-ethyl adjacent to an activating group) is 1. The normalized spacial score (nSPS) is 12.4. The van der Waals surface area contributed by atoms with E-state index in [0.29, 0.717) is 0 Å². The molecular weight excluding hydrogens is 268 g/mol. The van der Waals surface area contributed by atoms with Crippen LogP contribution in [0.15, 0.2) is 30.5 Å². The van der Waals surface area contributed by atoms with E-state index < -0.39 is 0 Å². The Kier molecular flexibility index (Phi) is 4.79. The van der Waals surface area contributed by atoms with Gasteiger partial charge in [0.25, 0.3) is 0 Å². The number of nitrogens with zero attached hydrogens (tertiary/aromatic N) is 1. The summed E-state index contributed by atoms with van der Waals surface area (Å²) in [5.41, 5.74) is 5.83. The third kappa shape index (κ3) is 3.38. The van der Waals surface area contributed by atoms with Crippen molar-refractivity contribution in [1.29, 1.82) is 0 Å². The van der Waals surface area contributed by atoms with Crippen molar-refractivity contribution in [1.82, 2.24) is 10.3 Å². The fourth-order valence-electron chi connectivity index (χ4n) is 2.46. The Morgan fingerprint density at radius 2 is 1.90 bits per heavy atom. The first-order valence-corrected chi connectivity index (χ1v) is 7.24. The second-order valence-corrected chi connectivity index (χ2v) is 5.76. The monoisotopic (exact) mass is 288 g/mol. The molecule has 3 heteroatoms. The molecule has 0 saturated heterocycles. The molecule has 0 aliphatic rings. The Morgan fingerprint density at radius 3 is 2.50 bits per heavy atom. The highest BCUT2D eigenvalue weighted by Gasteiger charge is 2.15. The Bertz CT molecular complexity index is 608. The van der Waals surface area contributed by atoms with E-state index in [9.17, 15) is 0 Å². The summed E-state index contributed by atoms with van der Waals surface area (Å²) >= 11 is 6.33. The van der Waals surface area contributed by atoms with Crippen LogP contribution >= 0.6 is 11.6 Å². The maximum atomic E-state index is 6.33. The van der Waals surface area contributed by atoms with Crippen molar-refractivity contribution in [3.8, 4) is 0 Å². The number of rotatable bonds is 4. The van der Waals surface area contributed by atoms with Gasteiger partial charge < -0.3 is 5.32 Å². The van der Waals surface area contributed by atoms with E-state index in [2.05, 4.69) is 49.3 Å². The highest BCUT2D eigenvalue weighted by atomic mass is 35.5. The Balaban J connectivity index is 2.28. The Labute approximate surface area is 126 Å². The maximum Gasteiger partial charge on any atom is 0.0605 e. The molecule has 1 N–H and O–H groups in total. The third-order valence-electron chi connectivity index (χ3n) is 3.57. The summed E-state index contributed by atoms with van der Waals surface area (Å²) in [6, 6.07) is 8.56. The van der Waals surface area contributed by atoms with Crippen molar-refractivity contribution in [2.75, 3.05) is 7.05 Å². The Morgan fingerprint density at radius 1 is 1.15 bits per heavy atom. The van der Waals surface area contributed by atoms with Crippen LogP contribution in [0.2, 0.25) is 5.02 Å². The molecule has 0 amide bonds. The quantitative estimate of drug-likeness (QED) is 0.913. The molecule has 0 spiro atoms. The molecule has 20 heavy (non-hydrogen) atoms. The molecule has 1 atom stereocenters. The minimum Gasteiger partial charge on any atom is -0.311 e. The lowest BCUT2D eigenvalue weighted by Crippen LogP contribution is -2.21. The van der Waals surface area contributed by atoms with Gasteiger partial charge in [0.15, 0.2) is 0 Å². The number of aromatic nitrogens is 1. The molecular formula is C17H21ClN2. The highest BCUT2D eigenvalue weighted by molar-refractivity contribution is 6.31. The van der Waals surface area contributed by atoms with Crippen LogP contribution in [0.25, 0.3) is 0 Å². The summed E-state index contributed by atoms with van der Waals surface area (Å²) in [5.74, 6) is 0. The summed E-state index contributed by atoms with van der Waals surface area (Å²) < 4.78 is 0. The molecule has 1 aromatic carbocycles. The van der Waals surface area contributed by atoms with Crippen molar-refractivity contribution in [3.05, 3.63) is 63.4 Å². The molecule has 2 rings (SSSR count). The van der Waals surface area contributed by atoms with E-state index >= 15 is 0 Å². The fourth-order valence-corrected chi connectivity index (χ4v) is 2.78. The molecule has 1 aromatic heterocycles. The summed E-state index contributed by atoms with van der Waals surface area (Å²) in [4.78, 5) is 4.59. The molecule has 0 aliphatic heterocycles. The summed E-state index contributed by atoms with van der Waals surface area (Å²) in [6.45, 7) is 6.22. The smallest absolute Gasteiger partial charge is 0.0605 e. The standard InChI is InChI=1S/C17H21ClN2/c1-11-5-6-14(15(18)8-11)9-16(19-4)17-13(3)7-12(2)10-20-17/h5-8,10,16,19H,9H2,1-4H3. The lowest BCUT2D eigenvalue weighted by Gasteiger charge is -2.19. The molecule has 2 aromatic rings. The molecule has 1 unspecified atom stereocenters. The third-order valence-corrected chi connectivity index (χ3v) is 3.92. The van der Waals surface area contributed by atoms with Gasteiger partial charge in [-0.15, -0.1) is 0 Å². The van der Waals surface area contributed by atoms with Crippen LogP contribution in [0.1, 0.15) is 34.0 Å². The second-order valence-electron chi connectivity index (χ2n) is 5.36. The zero-order valence-corrected chi connectivity index (χ0v) is 13.3. The van der Waals surface area contributed by atoms with Crippen LogP contribution in [-0.2, 0) is 6.42 Å². The van der Waals surface area contributed by atoms with Gasteiger partial charge in [0.05, 0.1) is 11.7 Å². The van der Waals surface area contributed by atoms with Gasteiger partial charge in [-0.05, 0) is 62.6 Å². The van der Waals surface area contributed by atoms with Gasteiger partial charge in [0.1, 0.15) is 0 Å². The van der Waals surface area contributed by atoms with E-state index in [4.69, 9.17) is 11.6 Å². The largest absolute Gasteiger partial charge is 0.311 e. The molecule has 106 valence electrons. The summed E-state index contributed by atoms with van der Waals surface area (Å²) in [7, 11) is 1.97. The number of hydrogen-bond donors (Lipinski definition) is 1. The average Bonchev–Trinajstić information content (AvgIpc) is 2.39. The first kappa shape index (κ1) is 15.0. The van der Waals surface area contributed by atoms with Crippen molar-refractivity contribution in [2.24, 2.45) is 0 Å². The number of pyridine rings is 1. The van der Waals surface area contributed by atoms with Crippen LogP contribution in [-0.4, -0.2) is 12.0 Å². The molecule has 0 saturated carbocycles. The molecule has 1 heterocycles. The fraction of sp³-hybridized carbons (Fsp3) is 0.353. The number of hydrogen-bond acceptors (Lipinski definition) is 2. The zero-order chi connectivity index (χ0) is 14.7. The van der Waals surface area contributed by atoms with Gasteiger partial charge in [-0.25, -0.2) is 0 Å². The van der Waals surface area contributed by atoms with Crippen molar-refractivity contribution in [3.63, 3.8) is 0 Å². The van der Waals surface area contributed by atoms with Crippen LogP contribution in [0, 0.1) is 20.8 Å². The predicted octanol–water partition coefficient (Wildman–Crippen LogP) is 4.16. The van der Waals surface area contributed by atoms with E-state index in [1.54, 1.807) is 0 Å². The van der Waals surface area contributed by atoms with Crippen LogP contribution < -0.4 is 5.32 Å². The zero-order valence-electron chi connectivity index (χ0n) is 12.5. The van der Waals surface area contributed by atoms with Gasteiger partial charge in [-0.2, -0.15) is 0 Å². The second kappa shape index (κ2) is 6.38. The first-order chi connectivity index (χ1) is 9.51. The summed E-state index contributed by atoms with van der Waals surface area (Å²) in [5, 5.41) is 4.18. The molecule has 0 fully saturated rings.